The lowest BCUT2D eigenvalue weighted by atomic mass is 9.97. The fourth-order valence-electron chi connectivity index (χ4n) is 1.98. The molecular formula is C13H18F3N. The topological polar surface area (TPSA) is 12.0 Å². The second-order valence-corrected chi connectivity index (χ2v) is 4.39. The number of hydrogen-bond donors (Lipinski definition) is 1. The third kappa shape index (κ3) is 3.46. The summed E-state index contributed by atoms with van der Waals surface area (Å²) in [6, 6.07) is 4.60. The number of halogens is 3. The van der Waals surface area contributed by atoms with Crippen molar-refractivity contribution in [2.24, 2.45) is 0 Å². The van der Waals surface area contributed by atoms with Gasteiger partial charge in [-0.05, 0) is 18.1 Å². The van der Waals surface area contributed by atoms with E-state index in [4.69, 9.17) is 0 Å². The van der Waals surface area contributed by atoms with E-state index < -0.39 is 13.1 Å². The average Bonchev–Trinajstić information content (AvgIpc) is 2.26. The van der Waals surface area contributed by atoms with Crippen LogP contribution in [-0.2, 0) is 6.67 Å². The third-order valence-corrected chi connectivity index (χ3v) is 2.67. The van der Waals surface area contributed by atoms with Crippen LogP contribution in [0.5, 0.6) is 0 Å². The van der Waals surface area contributed by atoms with Crippen molar-refractivity contribution in [1.82, 2.24) is 5.32 Å². The van der Waals surface area contributed by atoms with E-state index in [-0.39, 0.29) is 23.2 Å². The molecule has 1 aromatic carbocycles. The molecule has 0 bridgehead atoms. The molecule has 0 aliphatic heterocycles. The summed E-state index contributed by atoms with van der Waals surface area (Å²) in [5.74, 6) is 0. The molecule has 1 aromatic rings. The van der Waals surface area contributed by atoms with Gasteiger partial charge in [0.1, 0.15) is 6.67 Å². The second-order valence-electron chi connectivity index (χ2n) is 4.39. The summed E-state index contributed by atoms with van der Waals surface area (Å²) >= 11 is 0. The zero-order valence-electron chi connectivity index (χ0n) is 10.3. The highest BCUT2D eigenvalue weighted by Crippen LogP contribution is 2.29. The van der Waals surface area contributed by atoms with Gasteiger partial charge in [0.05, 0.1) is 0 Å². The van der Waals surface area contributed by atoms with Crippen molar-refractivity contribution in [3.8, 4) is 0 Å². The number of benzene rings is 1. The van der Waals surface area contributed by atoms with Gasteiger partial charge in [0, 0.05) is 17.6 Å². The van der Waals surface area contributed by atoms with Gasteiger partial charge in [-0.25, -0.2) is 13.2 Å². The van der Waals surface area contributed by atoms with E-state index in [1.165, 1.54) is 6.07 Å². The summed E-state index contributed by atoms with van der Waals surface area (Å²) in [6.07, 6.45) is -2.63. The molecule has 0 aliphatic rings. The Kier molecular flexibility index (Phi) is 5.00. The highest BCUT2D eigenvalue weighted by Gasteiger charge is 2.19. The Balaban J connectivity index is 3.10. The molecule has 1 N–H and O–H groups in total. The molecule has 0 aromatic heterocycles. The van der Waals surface area contributed by atoms with Gasteiger partial charge in [-0.1, -0.05) is 32.0 Å². The van der Waals surface area contributed by atoms with Crippen molar-refractivity contribution < 1.29 is 13.2 Å². The number of hydrogen-bond acceptors (Lipinski definition) is 1. The molecule has 0 aliphatic carbocycles. The van der Waals surface area contributed by atoms with Crippen LogP contribution in [-0.4, -0.2) is 6.04 Å². The highest BCUT2D eigenvalue weighted by atomic mass is 19.3. The number of nitrogens with one attached hydrogen (secondary N) is 1. The van der Waals surface area contributed by atoms with Crippen molar-refractivity contribution in [2.75, 3.05) is 0 Å². The zero-order chi connectivity index (χ0) is 13.0. The van der Waals surface area contributed by atoms with E-state index in [0.717, 1.165) is 0 Å². The Morgan fingerprint density at radius 1 is 1.12 bits per heavy atom. The van der Waals surface area contributed by atoms with E-state index >= 15 is 0 Å². The first-order chi connectivity index (χ1) is 7.97. The lowest BCUT2D eigenvalue weighted by molar-refractivity contribution is 0.149. The first-order valence-corrected chi connectivity index (χ1v) is 5.69. The van der Waals surface area contributed by atoms with E-state index in [2.05, 4.69) is 5.32 Å². The molecule has 0 amide bonds. The minimum atomic E-state index is -2.63. The molecule has 0 spiro atoms. The van der Waals surface area contributed by atoms with Crippen LogP contribution in [0, 0.1) is 0 Å². The molecule has 0 unspecified atom stereocenters. The van der Waals surface area contributed by atoms with Gasteiger partial charge in [0.2, 0.25) is 0 Å². The molecule has 0 radical (unpaired) electrons. The van der Waals surface area contributed by atoms with Gasteiger partial charge in [0.25, 0.3) is 6.43 Å². The minimum Gasteiger partial charge on any atom is -0.308 e. The highest BCUT2D eigenvalue weighted by molar-refractivity contribution is 5.37. The average molecular weight is 245 g/mol. The van der Waals surface area contributed by atoms with Gasteiger partial charge in [-0.15, -0.1) is 0 Å². The predicted molar refractivity (Wildman–Crippen MR) is 62.9 cm³/mol. The van der Waals surface area contributed by atoms with Crippen LogP contribution in [0.15, 0.2) is 18.2 Å². The monoisotopic (exact) mass is 245 g/mol. The summed E-state index contributed by atoms with van der Waals surface area (Å²) in [5, 5.41) is 3.19. The van der Waals surface area contributed by atoms with Crippen LogP contribution in [0.4, 0.5) is 13.2 Å². The largest absolute Gasteiger partial charge is 0.308 e. The summed E-state index contributed by atoms with van der Waals surface area (Å²) in [6.45, 7) is 4.91. The lowest BCUT2D eigenvalue weighted by Gasteiger charge is -2.21. The number of rotatable bonds is 5. The molecule has 17 heavy (non-hydrogen) atoms. The van der Waals surface area contributed by atoms with Gasteiger partial charge in [-0.2, -0.15) is 0 Å². The first kappa shape index (κ1) is 14.0. The Labute approximate surface area is 100 Å². The Morgan fingerprint density at radius 3 is 2.18 bits per heavy atom. The normalized spacial score (nSPS) is 13.4. The van der Waals surface area contributed by atoms with Gasteiger partial charge < -0.3 is 5.32 Å². The molecule has 96 valence electrons. The fourth-order valence-corrected chi connectivity index (χ4v) is 1.98. The van der Waals surface area contributed by atoms with Crippen molar-refractivity contribution in [1.29, 1.82) is 0 Å². The smallest absolute Gasteiger partial charge is 0.264 e. The van der Waals surface area contributed by atoms with E-state index in [0.29, 0.717) is 5.56 Å². The molecule has 0 fully saturated rings. The lowest BCUT2D eigenvalue weighted by Crippen LogP contribution is -2.27. The first-order valence-electron chi connectivity index (χ1n) is 5.69. The summed E-state index contributed by atoms with van der Waals surface area (Å²) < 4.78 is 38.4. The van der Waals surface area contributed by atoms with Crippen LogP contribution < -0.4 is 5.32 Å². The predicted octanol–water partition coefficient (Wildman–Crippen LogP) is 4.15. The molecule has 1 nitrogen and oxygen atoms in total. The second kappa shape index (κ2) is 6.05. The Morgan fingerprint density at radius 2 is 1.71 bits per heavy atom. The standard InChI is InChI=1S/C13H18F3N/c1-8(2)17-9(3)10-5-4-6-11(13(15)16)12(10)7-14/h4-6,8-9,13,17H,7H2,1-3H3/t9-/m1/s1. The molecular weight excluding hydrogens is 227 g/mol. The van der Waals surface area contributed by atoms with Gasteiger partial charge >= 0.3 is 0 Å². The molecule has 4 heteroatoms. The molecule has 0 heterocycles. The molecule has 1 rings (SSSR count). The van der Waals surface area contributed by atoms with Gasteiger partial charge in [0.15, 0.2) is 0 Å². The molecule has 0 saturated carbocycles. The third-order valence-electron chi connectivity index (χ3n) is 2.67. The summed E-state index contributed by atoms with van der Waals surface area (Å²) in [7, 11) is 0. The van der Waals surface area contributed by atoms with Crippen LogP contribution >= 0.6 is 0 Å². The molecule has 0 saturated heterocycles. The van der Waals surface area contributed by atoms with Crippen LogP contribution in [0.25, 0.3) is 0 Å². The van der Waals surface area contributed by atoms with E-state index in [1.54, 1.807) is 12.1 Å². The maximum Gasteiger partial charge on any atom is 0.264 e. The quantitative estimate of drug-likeness (QED) is 0.821. The maximum atomic E-state index is 12.9. The minimum absolute atomic E-state index is 0.114. The fraction of sp³-hybridized carbons (Fsp3) is 0.538. The van der Waals surface area contributed by atoms with Crippen molar-refractivity contribution in [3.63, 3.8) is 0 Å². The Bertz CT molecular complexity index is 364. The summed E-state index contributed by atoms with van der Waals surface area (Å²) in [4.78, 5) is 0. The molecule has 1 atom stereocenters. The SMILES string of the molecule is CC(C)N[C@H](C)c1cccc(C(F)F)c1CF. The van der Waals surface area contributed by atoms with E-state index in [1.807, 2.05) is 20.8 Å². The van der Waals surface area contributed by atoms with Crippen molar-refractivity contribution in [2.45, 2.75) is 46.0 Å². The van der Waals surface area contributed by atoms with Crippen molar-refractivity contribution >= 4 is 0 Å². The van der Waals surface area contributed by atoms with Crippen LogP contribution in [0.2, 0.25) is 0 Å². The maximum absolute atomic E-state index is 12.9. The Hall–Kier alpha value is -1.03. The van der Waals surface area contributed by atoms with Crippen LogP contribution in [0.3, 0.4) is 0 Å². The number of alkyl halides is 3. The van der Waals surface area contributed by atoms with E-state index in [9.17, 15) is 13.2 Å². The summed E-state index contributed by atoms with van der Waals surface area (Å²) in [5.41, 5.74) is 0.518. The van der Waals surface area contributed by atoms with Crippen LogP contribution in [0.1, 0.15) is 49.9 Å². The van der Waals surface area contributed by atoms with Gasteiger partial charge in [-0.3, -0.25) is 0 Å². The van der Waals surface area contributed by atoms with Crippen molar-refractivity contribution in [3.05, 3.63) is 34.9 Å². The zero-order valence-corrected chi connectivity index (χ0v) is 10.3.